The predicted molar refractivity (Wildman–Crippen MR) is 75.0 cm³/mol. The number of amides is 1. The molecule has 17 heavy (non-hydrogen) atoms. The van der Waals surface area contributed by atoms with Crippen LogP contribution in [-0.2, 0) is 0 Å². The van der Waals surface area contributed by atoms with Gasteiger partial charge in [0.1, 0.15) is 0 Å². The molecule has 0 aromatic heterocycles. The maximum Gasteiger partial charge on any atom is 0.255 e. The van der Waals surface area contributed by atoms with E-state index in [2.05, 4.69) is 29.8 Å². The van der Waals surface area contributed by atoms with Crippen molar-refractivity contribution in [3.05, 3.63) is 28.2 Å². The van der Waals surface area contributed by atoms with Gasteiger partial charge < -0.3 is 10.6 Å². The molecule has 1 unspecified atom stereocenters. The van der Waals surface area contributed by atoms with Crippen LogP contribution in [0.25, 0.3) is 0 Å². The van der Waals surface area contributed by atoms with Crippen molar-refractivity contribution in [2.45, 2.75) is 20.3 Å². The highest BCUT2D eigenvalue weighted by molar-refractivity contribution is 9.10. The number of nitrogens with two attached hydrogens (primary N) is 1. The van der Waals surface area contributed by atoms with Crippen molar-refractivity contribution in [1.82, 2.24) is 4.90 Å². The van der Waals surface area contributed by atoms with Gasteiger partial charge in [-0.3, -0.25) is 4.79 Å². The lowest BCUT2D eigenvalue weighted by Gasteiger charge is -2.21. The number of rotatable bonds is 4. The van der Waals surface area contributed by atoms with Gasteiger partial charge in [-0.05, 0) is 24.1 Å². The molecule has 0 fully saturated rings. The van der Waals surface area contributed by atoms with E-state index in [9.17, 15) is 4.79 Å². The van der Waals surface area contributed by atoms with E-state index in [-0.39, 0.29) is 5.91 Å². The molecular formula is C13H19BrN2O. The van der Waals surface area contributed by atoms with Gasteiger partial charge in [-0.25, -0.2) is 0 Å². The number of nitrogens with zero attached hydrogens (tertiary/aromatic N) is 1. The summed E-state index contributed by atoms with van der Waals surface area (Å²) in [5.74, 6) is 0.482. The fourth-order valence-corrected chi connectivity index (χ4v) is 1.99. The van der Waals surface area contributed by atoms with E-state index in [1.165, 1.54) is 0 Å². The molecule has 0 aliphatic rings. The van der Waals surface area contributed by atoms with Crippen molar-refractivity contribution >= 4 is 27.5 Å². The molecule has 94 valence electrons. The van der Waals surface area contributed by atoms with E-state index in [0.717, 1.165) is 17.4 Å². The highest BCUT2D eigenvalue weighted by Gasteiger charge is 2.16. The average Bonchev–Trinajstić information content (AvgIpc) is 2.28. The molecule has 0 radical (unpaired) electrons. The summed E-state index contributed by atoms with van der Waals surface area (Å²) in [5.41, 5.74) is 6.93. The number of hydrogen-bond acceptors (Lipinski definition) is 2. The molecule has 1 atom stereocenters. The molecule has 2 N–H and O–H groups in total. The van der Waals surface area contributed by atoms with Gasteiger partial charge in [0, 0.05) is 23.8 Å². The maximum absolute atomic E-state index is 12.2. The topological polar surface area (TPSA) is 46.3 Å². The van der Waals surface area contributed by atoms with Crippen LogP contribution in [0.3, 0.4) is 0 Å². The quantitative estimate of drug-likeness (QED) is 0.868. The third-order valence-electron chi connectivity index (χ3n) is 2.87. The summed E-state index contributed by atoms with van der Waals surface area (Å²) < 4.78 is 0.885. The fourth-order valence-electron chi connectivity index (χ4n) is 1.61. The van der Waals surface area contributed by atoms with E-state index in [1.54, 1.807) is 17.0 Å². The fraction of sp³-hybridized carbons (Fsp3) is 0.462. The SMILES string of the molecule is CCC(C)CN(C)C(=O)c1ccc(Br)cc1N. The number of carbonyl (C=O) groups excluding carboxylic acids is 1. The number of halogens is 1. The largest absolute Gasteiger partial charge is 0.398 e. The van der Waals surface area contributed by atoms with Gasteiger partial charge in [0.25, 0.3) is 5.91 Å². The van der Waals surface area contributed by atoms with Gasteiger partial charge in [-0.2, -0.15) is 0 Å². The van der Waals surface area contributed by atoms with Gasteiger partial charge in [0.15, 0.2) is 0 Å². The summed E-state index contributed by atoms with van der Waals surface area (Å²) in [5, 5.41) is 0. The summed E-state index contributed by atoms with van der Waals surface area (Å²) in [6.45, 7) is 5.01. The van der Waals surface area contributed by atoms with Crippen molar-refractivity contribution in [3.8, 4) is 0 Å². The summed E-state index contributed by atoms with van der Waals surface area (Å²) in [6.07, 6.45) is 1.06. The highest BCUT2D eigenvalue weighted by Crippen LogP contribution is 2.20. The molecule has 1 rings (SSSR count). The first-order valence-electron chi connectivity index (χ1n) is 5.76. The zero-order chi connectivity index (χ0) is 13.0. The zero-order valence-electron chi connectivity index (χ0n) is 10.5. The van der Waals surface area contributed by atoms with Gasteiger partial charge in [0.05, 0.1) is 5.56 Å². The molecule has 1 aromatic rings. The van der Waals surface area contributed by atoms with Crippen LogP contribution < -0.4 is 5.73 Å². The van der Waals surface area contributed by atoms with Crippen LogP contribution in [0.5, 0.6) is 0 Å². The third-order valence-corrected chi connectivity index (χ3v) is 3.37. The Kier molecular flexibility index (Phi) is 5.00. The van der Waals surface area contributed by atoms with Crippen LogP contribution in [0, 0.1) is 5.92 Å². The molecule has 0 aliphatic carbocycles. The van der Waals surface area contributed by atoms with Crippen LogP contribution in [0.4, 0.5) is 5.69 Å². The highest BCUT2D eigenvalue weighted by atomic mass is 79.9. The van der Waals surface area contributed by atoms with Gasteiger partial charge in [-0.15, -0.1) is 0 Å². The number of carbonyl (C=O) groups is 1. The van der Waals surface area contributed by atoms with E-state index in [1.807, 2.05) is 13.1 Å². The Labute approximate surface area is 111 Å². The van der Waals surface area contributed by atoms with Gasteiger partial charge in [-0.1, -0.05) is 36.2 Å². The second kappa shape index (κ2) is 6.05. The first-order chi connectivity index (χ1) is 7.95. The van der Waals surface area contributed by atoms with Crippen LogP contribution >= 0.6 is 15.9 Å². The molecular weight excluding hydrogens is 280 g/mol. The lowest BCUT2D eigenvalue weighted by molar-refractivity contribution is 0.0776. The van der Waals surface area contributed by atoms with Crippen molar-refractivity contribution in [2.24, 2.45) is 5.92 Å². The Hall–Kier alpha value is -1.03. The van der Waals surface area contributed by atoms with Crippen LogP contribution in [-0.4, -0.2) is 24.4 Å². The first kappa shape index (κ1) is 14.0. The van der Waals surface area contributed by atoms with Crippen molar-refractivity contribution in [3.63, 3.8) is 0 Å². The molecule has 0 heterocycles. The van der Waals surface area contributed by atoms with Crippen molar-refractivity contribution in [1.29, 1.82) is 0 Å². The lowest BCUT2D eigenvalue weighted by Crippen LogP contribution is -2.31. The number of anilines is 1. The zero-order valence-corrected chi connectivity index (χ0v) is 12.1. The summed E-state index contributed by atoms with van der Waals surface area (Å²) in [6, 6.07) is 5.35. The maximum atomic E-state index is 12.2. The van der Waals surface area contributed by atoms with Gasteiger partial charge in [0.2, 0.25) is 0 Å². The second-order valence-corrected chi connectivity index (χ2v) is 5.35. The van der Waals surface area contributed by atoms with Crippen molar-refractivity contribution < 1.29 is 4.79 Å². The Morgan fingerprint density at radius 1 is 1.53 bits per heavy atom. The number of nitrogen functional groups attached to an aromatic ring is 1. The van der Waals surface area contributed by atoms with Crippen LogP contribution in [0.1, 0.15) is 30.6 Å². The first-order valence-corrected chi connectivity index (χ1v) is 6.55. The minimum Gasteiger partial charge on any atom is -0.398 e. The lowest BCUT2D eigenvalue weighted by atomic mass is 10.1. The molecule has 0 aliphatic heterocycles. The van der Waals surface area contributed by atoms with Crippen molar-refractivity contribution in [2.75, 3.05) is 19.3 Å². The number of hydrogen-bond donors (Lipinski definition) is 1. The molecule has 0 spiro atoms. The molecule has 3 nitrogen and oxygen atoms in total. The van der Waals surface area contributed by atoms with Crippen LogP contribution in [0.2, 0.25) is 0 Å². The van der Waals surface area contributed by atoms with Crippen LogP contribution in [0.15, 0.2) is 22.7 Å². The average molecular weight is 299 g/mol. The molecule has 0 saturated carbocycles. The monoisotopic (exact) mass is 298 g/mol. The Balaban J connectivity index is 2.81. The summed E-state index contributed by atoms with van der Waals surface area (Å²) >= 11 is 3.33. The second-order valence-electron chi connectivity index (χ2n) is 4.43. The molecule has 0 bridgehead atoms. The molecule has 1 amide bonds. The Bertz CT molecular complexity index is 406. The van der Waals surface area contributed by atoms with E-state index < -0.39 is 0 Å². The predicted octanol–water partition coefficient (Wildman–Crippen LogP) is 3.15. The third kappa shape index (κ3) is 3.73. The molecule has 1 aromatic carbocycles. The van der Waals surface area contributed by atoms with E-state index in [0.29, 0.717) is 17.2 Å². The minimum absolute atomic E-state index is 0.0182. The normalized spacial score (nSPS) is 12.2. The molecule has 4 heteroatoms. The standard InChI is InChI=1S/C13H19BrN2O/c1-4-9(2)8-16(3)13(17)11-6-5-10(14)7-12(11)15/h5-7,9H,4,8,15H2,1-3H3. The minimum atomic E-state index is -0.0182. The summed E-state index contributed by atoms with van der Waals surface area (Å²) in [4.78, 5) is 13.9. The number of benzene rings is 1. The van der Waals surface area contributed by atoms with Gasteiger partial charge >= 0.3 is 0 Å². The van der Waals surface area contributed by atoms with E-state index in [4.69, 9.17) is 5.73 Å². The Morgan fingerprint density at radius 2 is 2.18 bits per heavy atom. The Morgan fingerprint density at radius 3 is 2.71 bits per heavy atom. The van der Waals surface area contributed by atoms with E-state index >= 15 is 0 Å². The smallest absolute Gasteiger partial charge is 0.255 e. The summed E-state index contributed by atoms with van der Waals surface area (Å²) in [7, 11) is 1.82. The molecule has 0 saturated heterocycles.